The number of methoxy groups -OCH3 is 1. The molecule has 2 aromatic rings. The molecule has 104 valence electrons. The summed E-state index contributed by atoms with van der Waals surface area (Å²) in [6.45, 7) is 8.36. The van der Waals surface area contributed by atoms with Gasteiger partial charge in [-0.05, 0) is 18.2 Å². The third-order valence-corrected chi connectivity index (χ3v) is 4.78. The molecular formula is C14H22N2O2Si. The number of benzene rings is 1. The fourth-order valence-corrected chi connectivity index (χ4v) is 2.64. The lowest BCUT2D eigenvalue weighted by Crippen LogP contribution is -2.22. The third-order valence-electron chi connectivity index (χ3n) is 3.08. The van der Waals surface area contributed by atoms with Gasteiger partial charge in [0.25, 0.3) is 0 Å². The van der Waals surface area contributed by atoms with Gasteiger partial charge in [-0.25, -0.2) is 4.68 Å². The van der Waals surface area contributed by atoms with E-state index < -0.39 is 8.07 Å². The Kier molecular flexibility index (Phi) is 4.26. The number of aromatic nitrogens is 2. The van der Waals surface area contributed by atoms with Crippen LogP contribution in [-0.2, 0) is 11.5 Å². The normalized spacial score (nSPS) is 12.0. The summed E-state index contributed by atoms with van der Waals surface area (Å²) in [5.74, 6) is 0.853. The molecule has 0 radical (unpaired) electrons. The van der Waals surface area contributed by atoms with Gasteiger partial charge in [0.2, 0.25) is 0 Å². The van der Waals surface area contributed by atoms with Gasteiger partial charge in [-0.15, -0.1) is 0 Å². The van der Waals surface area contributed by atoms with E-state index in [1.54, 1.807) is 7.11 Å². The number of hydrogen-bond acceptors (Lipinski definition) is 3. The van der Waals surface area contributed by atoms with Crippen molar-refractivity contribution in [3.8, 4) is 5.75 Å². The first-order valence-electron chi connectivity index (χ1n) is 6.57. The van der Waals surface area contributed by atoms with Gasteiger partial charge in [-0.3, -0.25) is 0 Å². The molecule has 0 saturated carbocycles. The topological polar surface area (TPSA) is 36.3 Å². The average molecular weight is 278 g/mol. The van der Waals surface area contributed by atoms with E-state index in [0.717, 1.165) is 23.3 Å². The predicted octanol–water partition coefficient (Wildman–Crippen LogP) is 3.36. The highest BCUT2D eigenvalue weighted by Crippen LogP contribution is 2.24. The van der Waals surface area contributed by atoms with Gasteiger partial charge in [-0.2, -0.15) is 5.10 Å². The van der Waals surface area contributed by atoms with Crippen LogP contribution in [0.3, 0.4) is 0 Å². The van der Waals surface area contributed by atoms with Crippen LogP contribution in [-0.4, -0.2) is 31.6 Å². The molecule has 1 heterocycles. The first kappa shape index (κ1) is 14.1. The van der Waals surface area contributed by atoms with Crippen molar-refractivity contribution < 1.29 is 9.47 Å². The lowest BCUT2D eigenvalue weighted by Gasteiger charge is -2.15. The second kappa shape index (κ2) is 5.75. The Bertz CT molecular complexity index is 546. The maximum Gasteiger partial charge on any atom is 0.139 e. The monoisotopic (exact) mass is 278 g/mol. The number of ether oxygens (including phenoxy) is 2. The van der Waals surface area contributed by atoms with Crippen molar-refractivity contribution in [1.82, 2.24) is 9.78 Å². The van der Waals surface area contributed by atoms with Crippen molar-refractivity contribution in [2.24, 2.45) is 0 Å². The predicted molar refractivity (Wildman–Crippen MR) is 80.4 cm³/mol. The molecule has 0 fully saturated rings. The van der Waals surface area contributed by atoms with E-state index in [-0.39, 0.29) is 0 Å². The maximum absolute atomic E-state index is 5.73. The number of hydrogen-bond donors (Lipinski definition) is 0. The lowest BCUT2D eigenvalue weighted by atomic mass is 10.2. The molecule has 0 N–H and O–H groups in total. The lowest BCUT2D eigenvalue weighted by molar-refractivity contribution is 0.0817. The summed E-state index contributed by atoms with van der Waals surface area (Å²) in [5.41, 5.74) is 1.05. The average Bonchev–Trinajstić information content (AvgIpc) is 2.76. The summed E-state index contributed by atoms with van der Waals surface area (Å²) in [7, 11) is 0.655. The van der Waals surface area contributed by atoms with E-state index in [9.17, 15) is 0 Å². The molecule has 0 amide bonds. The molecule has 1 aromatic carbocycles. The molecule has 5 heteroatoms. The summed E-state index contributed by atoms with van der Waals surface area (Å²) in [5, 5.41) is 5.39. The van der Waals surface area contributed by atoms with Crippen LogP contribution in [0.2, 0.25) is 25.7 Å². The summed E-state index contributed by atoms with van der Waals surface area (Å²) in [6, 6.07) is 7.13. The van der Waals surface area contributed by atoms with E-state index in [2.05, 4.69) is 24.7 Å². The van der Waals surface area contributed by atoms with Crippen molar-refractivity contribution in [3.63, 3.8) is 0 Å². The zero-order valence-corrected chi connectivity index (χ0v) is 13.1. The highest BCUT2D eigenvalue weighted by molar-refractivity contribution is 6.76. The maximum atomic E-state index is 5.73. The zero-order valence-electron chi connectivity index (χ0n) is 12.1. The Hall–Kier alpha value is -1.33. The van der Waals surface area contributed by atoms with Crippen LogP contribution < -0.4 is 4.74 Å². The highest BCUT2D eigenvalue weighted by atomic mass is 28.3. The van der Waals surface area contributed by atoms with E-state index in [0.29, 0.717) is 6.73 Å². The minimum atomic E-state index is -1.02. The van der Waals surface area contributed by atoms with Crippen LogP contribution in [0.1, 0.15) is 0 Å². The number of nitrogens with zero attached hydrogens (tertiary/aromatic N) is 2. The van der Waals surface area contributed by atoms with Gasteiger partial charge in [0, 0.05) is 14.7 Å². The summed E-state index contributed by atoms with van der Waals surface area (Å²) in [4.78, 5) is 0. The van der Waals surface area contributed by atoms with Crippen LogP contribution in [0, 0.1) is 0 Å². The zero-order chi connectivity index (χ0) is 13.9. The third kappa shape index (κ3) is 3.58. The van der Waals surface area contributed by atoms with Crippen molar-refractivity contribution >= 4 is 19.0 Å². The van der Waals surface area contributed by atoms with Crippen LogP contribution in [0.15, 0.2) is 24.4 Å². The first-order chi connectivity index (χ1) is 9.01. The van der Waals surface area contributed by atoms with Gasteiger partial charge < -0.3 is 9.47 Å². The highest BCUT2D eigenvalue weighted by Gasteiger charge is 2.12. The van der Waals surface area contributed by atoms with Gasteiger partial charge in [0.1, 0.15) is 12.5 Å². The van der Waals surface area contributed by atoms with Crippen molar-refractivity contribution in [2.45, 2.75) is 32.4 Å². The van der Waals surface area contributed by atoms with Crippen LogP contribution in [0.4, 0.5) is 0 Å². The van der Waals surface area contributed by atoms with Gasteiger partial charge in [0.15, 0.2) is 0 Å². The molecule has 0 spiro atoms. The van der Waals surface area contributed by atoms with E-state index in [1.165, 1.54) is 6.04 Å². The Morgan fingerprint density at radius 1 is 1.26 bits per heavy atom. The second-order valence-electron chi connectivity index (χ2n) is 5.89. The number of fused-ring (bicyclic) bond motifs is 1. The quantitative estimate of drug-likeness (QED) is 0.600. The Morgan fingerprint density at radius 3 is 2.74 bits per heavy atom. The molecule has 2 rings (SSSR count). The smallest absolute Gasteiger partial charge is 0.139 e. The van der Waals surface area contributed by atoms with E-state index in [4.69, 9.17) is 9.47 Å². The van der Waals surface area contributed by atoms with E-state index >= 15 is 0 Å². The molecule has 0 aliphatic heterocycles. The molecule has 19 heavy (non-hydrogen) atoms. The molecule has 0 bridgehead atoms. The molecule has 0 unspecified atom stereocenters. The fraction of sp³-hybridized carbons (Fsp3) is 0.500. The number of rotatable bonds is 6. The Morgan fingerprint density at radius 2 is 2.05 bits per heavy atom. The minimum Gasteiger partial charge on any atom is -0.496 e. The van der Waals surface area contributed by atoms with Crippen LogP contribution in [0.5, 0.6) is 5.75 Å². The fourth-order valence-electron chi connectivity index (χ4n) is 1.89. The van der Waals surface area contributed by atoms with Crippen molar-refractivity contribution in [1.29, 1.82) is 0 Å². The Labute approximate surface area is 115 Å². The molecular weight excluding hydrogens is 256 g/mol. The first-order valence-corrected chi connectivity index (χ1v) is 10.3. The van der Waals surface area contributed by atoms with E-state index in [1.807, 2.05) is 29.1 Å². The SMILES string of the molecule is COc1cccc2c1cnn2COCC[Si](C)(C)C. The largest absolute Gasteiger partial charge is 0.496 e. The molecule has 0 saturated heterocycles. The second-order valence-corrected chi connectivity index (χ2v) is 11.5. The Balaban J connectivity index is 2.02. The van der Waals surface area contributed by atoms with Crippen molar-refractivity contribution in [2.75, 3.05) is 13.7 Å². The van der Waals surface area contributed by atoms with Crippen molar-refractivity contribution in [3.05, 3.63) is 24.4 Å². The molecule has 0 aliphatic rings. The minimum absolute atomic E-state index is 0.501. The molecule has 0 aliphatic carbocycles. The summed E-state index contributed by atoms with van der Waals surface area (Å²) in [6.07, 6.45) is 1.83. The molecule has 1 aromatic heterocycles. The van der Waals surface area contributed by atoms with Gasteiger partial charge in [-0.1, -0.05) is 25.7 Å². The molecule has 4 nitrogen and oxygen atoms in total. The summed E-state index contributed by atoms with van der Waals surface area (Å²) < 4.78 is 12.9. The van der Waals surface area contributed by atoms with Gasteiger partial charge in [0.05, 0.1) is 24.2 Å². The standard InChI is InChI=1S/C14H22N2O2Si/c1-17-14-7-5-6-13-12(14)10-15-16(13)11-18-8-9-19(2,3)4/h5-7,10H,8-9,11H2,1-4H3. The van der Waals surface area contributed by atoms with Gasteiger partial charge >= 0.3 is 0 Å². The molecule has 0 atom stereocenters. The summed E-state index contributed by atoms with van der Waals surface area (Å²) >= 11 is 0. The van der Waals surface area contributed by atoms with Crippen LogP contribution in [0.25, 0.3) is 10.9 Å². The van der Waals surface area contributed by atoms with Crippen LogP contribution >= 0.6 is 0 Å².